The van der Waals surface area contributed by atoms with Crippen LogP contribution in [0, 0.1) is 0 Å². The Morgan fingerprint density at radius 1 is 1.67 bits per heavy atom. The molecule has 9 heavy (non-hydrogen) atoms. The minimum absolute atomic E-state index is 0.207. The Kier molecular flexibility index (Phi) is 2.44. The summed E-state index contributed by atoms with van der Waals surface area (Å²) in [6.45, 7) is -1.69. The Morgan fingerprint density at radius 3 is 2.22 bits per heavy atom. The molecule has 0 radical (unpaired) electrons. The van der Waals surface area contributed by atoms with Crippen LogP contribution in [0.4, 0.5) is 13.3 Å². The highest BCUT2D eigenvalue weighted by Gasteiger charge is 2.38. The molecule has 0 unspecified atom stereocenters. The molecule has 0 aliphatic heterocycles. The van der Waals surface area contributed by atoms with E-state index >= 15 is 0 Å². The second-order valence-electron chi connectivity index (χ2n) is 1.29. The summed E-state index contributed by atoms with van der Waals surface area (Å²) in [5, 5.41) is 7.72. The maximum Gasteiger partial charge on any atom is 0.349 e. The second kappa shape index (κ2) is 2.67. The van der Waals surface area contributed by atoms with Gasteiger partial charge in [0.05, 0.1) is 0 Å². The summed E-state index contributed by atoms with van der Waals surface area (Å²) in [5.41, 5.74) is 0.207. The van der Waals surface area contributed by atoms with E-state index in [0.717, 1.165) is 0 Å². The van der Waals surface area contributed by atoms with Gasteiger partial charge in [0.2, 0.25) is 0 Å². The highest BCUT2D eigenvalue weighted by atomic mass is 19.3. The van der Waals surface area contributed by atoms with Crippen molar-refractivity contribution in [2.24, 2.45) is 0 Å². The zero-order chi connectivity index (χ0) is 7.49. The first-order valence-electron chi connectivity index (χ1n) is 1.94. The number of hydrogen-bond donors (Lipinski definition) is 2. The van der Waals surface area contributed by atoms with E-state index in [1.165, 1.54) is 0 Å². The van der Waals surface area contributed by atoms with Crippen molar-refractivity contribution in [2.45, 2.75) is 5.92 Å². The molecule has 0 aromatic heterocycles. The lowest BCUT2D eigenvalue weighted by molar-refractivity contribution is -0.155. The van der Waals surface area contributed by atoms with Crippen LogP contribution in [-0.4, -0.2) is 23.5 Å². The van der Waals surface area contributed by atoms with Gasteiger partial charge >= 0.3 is 11.8 Å². The molecule has 0 bridgehead atoms. The van der Waals surface area contributed by atoms with Gasteiger partial charge in [-0.1, -0.05) is 0 Å². The van der Waals surface area contributed by atoms with E-state index in [0.29, 0.717) is 0 Å². The van der Waals surface area contributed by atoms with Gasteiger partial charge in [-0.2, -0.15) is 14.3 Å². The second-order valence-corrected chi connectivity index (χ2v) is 1.29. The molecule has 0 saturated carbocycles. The van der Waals surface area contributed by atoms with Crippen LogP contribution in [0.15, 0.2) is 0 Å². The molecule has 0 spiro atoms. The summed E-state index contributed by atoms with van der Waals surface area (Å²) in [6, 6.07) is 0. The van der Waals surface area contributed by atoms with Crippen LogP contribution in [0.2, 0.25) is 0 Å². The van der Waals surface area contributed by atoms with E-state index in [4.69, 9.17) is 5.11 Å². The number of amides is 1. The van der Waals surface area contributed by atoms with E-state index in [-0.39, 0.29) is 5.54 Å². The van der Waals surface area contributed by atoms with Crippen LogP contribution >= 0.6 is 0 Å². The average molecular weight is 143 g/mol. The number of hydrogen-bond acceptors (Lipinski definition) is 2. The van der Waals surface area contributed by atoms with Crippen molar-refractivity contribution in [3.05, 3.63) is 0 Å². The van der Waals surface area contributed by atoms with Crippen LogP contribution in [0.1, 0.15) is 0 Å². The number of alkyl halides is 2. The van der Waals surface area contributed by atoms with E-state index in [1.807, 2.05) is 0 Å². The van der Waals surface area contributed by atoms with Crippen LogP contribution < -0.4 is 5.54 Å². The Balaban J connectivity index is 3.97. The summed E-state index contributed by atoms with van der Waals surface area (Å²) in [6.07, 6.45) is 0. The van der Waals surface area contributed by atoms with Gasteiger partial charge in [-0.15, -0.1) is 4.48 Å². The molecule has 1 amide bonds. The number of carbonyl (C=O) groups is 1. The summed E-state index contributed by atoms with van der Waals surface area (Å²) in [7, 11) is 0. The first-order valence-corrected chi connectivity index (χ1v) is 1.94. The highest BCUT2D eigenvalue weighted by Crippen LogP contribution is 2.10. The van der Waals surface area contributed by atoms with E-state index < -0.39 is 18.4 Å². The number of halogens is 3. The van der Waals surface area contributed by atoms with Crippen LogP contribution in [0.3, 0.4) is 0 Å². The molecule has 54 valence electrons. The van der Waals surface area contributed by atoms with Crippen molar-refractivity contribution in [2.75, 3.05) is 6.61 Å². The van der Waals surface area contributed by atoms with Crippen LogP contribution in [0.5, 0.6) is 0 Å². The smallest absolute Gasteiger partial charge is 0.349 e. The highest BCUT2D eigenvalue weighted by molar-refractivity contribution is 5.82. The van der Waals surface area contributed by atoms with Crippen molar-refractivity contribution < 1.29 is 23.2 Å². The molecule has 0 atom stereocenters. The van der Waals surface area contributed by atoms with Gasteiger partial charge in [0.25, 0.3) is 0 Å². The number of aliphatic hydroxyl groups is 1. The Morgan fingerprint density at radius 2 is 2.11 bits per heavy atom. The zero-order valence-corrected chi connectivity index (χ0v) is 4.20. The normalized spacial score (nSPS) is 11.1. The quantitative estimate of drug-likeness (QED) is 0.517. The van der Waals surface area contributed by atoms with Crippen LogP contribution in [0.25, 0.3) is 0 Å². The van der Waals surface area contributed by atoms with Crippen molar-refractivity contribution in [1.82, 2.24) is 5.54 Å². The molecular formula is C3H4F3NO2. The molecule has 2 N–H and O–H groups in total. The average Bonchev–Trinajstić information content (AvgIpc) is 1.86. The summed E-state index contributed by atoms with van der Waals surface area (Å²) < 4.78 is 34.2. The first-order chi connectivity index (χ1) is 4.04. The molecule has 0 saturated heterocycles. The maximum atomic E-state index is 11.6. The predicted octanol–water partition coefficient (Wildman–Crippen LogP) is -0.385. The van der Waals surface area contributed by atoms with E-state index in [2.05, 4.69) is 0 Å². The number of aliphatic hydroxyl groups excluding tert-OH is 1. The standard InChI is InChI=1S/C3H4F3NO2/c4-3(5,1-8)2(9)7-6/h8H,1H2,(H,7,9). The molecule has 0 aliphatic carbocycles. The molecule has 0 aliphatic rings. The van der Waals surface area contributed by atoms with Gasteiger partial charge in [0.1, 0.15) is 6.61 Å². The topological polar surface area (TPSA) is 49.3 Å². The number of carbonyl (C=O) groups excluding carboxylic acids is 1. The molecule has 6 heteroatoms. The Bertz CT molecular complexity index is 116. The van der Waals surface area contributed by atoms with Gasteiger partial charge in [0, 0.05) is 0 Å². The van der Waals surface area contributed by atoms with Gasteiger partial charge in [-0.05, 0) is 0 Å². The van der Waals surface area contributed by atoms with Crippen molar-refractivity contribution in [1.29, 1.82) is 0 Å². The van der Waals surface area contributed by atoms with Gasteiger partial charge < -0.3 is 5.11 Å². The summed E-state index contributed by atoms with van der Waals surface area (Å²) in [4.78, 5) is 9.67. The van der Waals surface area contributed by atoms with Crippen molar-refractivity contribution in [3.8, 4) is 0 Å². The molecule has 0 fully saturated rings. The lowest BCUT2D eigenvalue weighted by atomic mass is 10.3. The van der Waals surface area contributed by atoms with Gasteiger partial charge in [-0.25, -0.2) is 0 Å². The van der Waals surface area contributed by atoms with Crippen molar-refractivity contribution in [3.63, 3.8) is 0 Å². The summed E-state index contributed by atoms with van der Waals surface area (Å²) in [5.74, 6) is -6.15. The third-order valence-corrected chi connectivity index (χ3v) is 0.617. The van der Waals surface area contributed by atoms with Gasteiger partial charge in [-0.3, -0.25) is 4.79 Å². The third-order valence-electron chi connectivity index (χ3n) is 0.617. The van der Waals surface area contributed by atoms with Crippen LogP contribution in [-0.2, 0) is 4.79 Å². The fraction of sp³-hybridized carbons (Fsp3) is 0.667. The van der Waals surface area contributed by atoms with Crippen molar-refractivity contribution >= 4 is 5.91 Å². The Labute approximate surface area is 48.4 Å². The fourth-order valence-corrected chi connectivity index (χ4v) is 0.141. The lowest BCUT2D eigenvalue weighted by Gasteiger charge is -2.07. The fourth-order valence-electron chi connectivity index (χ4n) is 0.141. The molecule has 0 aromatic carbocycles. The van der Waals surface area contributed by atoms with E-state index in [9.17, 15) is 18.1 Å². The molecule has 0 heterocycles. The number of rotatable bonds is 2. The predicted molar refractivity (Wildman–Crippen MR) is 21.3 cm³/mol. The van der Waals surface area contributed by atoms with Gasteiger partial charge in [0.15, 0.2) is 0 Å². The maximum absolute atomic E-state index is 11.6. The first kappa shape index (κ1) is 8.22. The third kappa shape index (κ3) is 1.88. The zero-order valence-electron chi connectivity index (χ0n) is 4.20. The lowest BCUT2D eigenvalue weighted by Crippen LogP contribution is -2.39. The Hall–Kier alpha value is -0.780. The minimum Gasteiger partial charge on any atom is -0.390 e. The largest absolute Gasteiger partial charge is 0.390 e. The minimum atomic E-state index is -4.02. The summed E-state index contributed by atoms with van der Waals surface area (Å²) >= 11 is 0. The van der Waals surface area contributed by atoms with E-state index in [1.54, 1.807) is 0 Å². The molecular weight excluding hydrogens is 139 g/mol. The SMILES string of the molecule is O=C(NF)C(F)(F)CO. The monoisotopic (exact) mass is 143 g/mol. The molecule has 0 aromatic rings. The number of nitrogens with one attached hydrogen (secondary N) is 1. The molecule has 0 rings (SSSR count). The molecule has 3 nitrogen and oxygen atoms in total.